The Hall–Kier alpha value is -3.48. The van der Waals surface area contributed by atoms with Gasteiger partial charge in [0.05, 0.1) is 12.2 Å². The summed E-state index contributed by atoms with van der Waals surface area (Å²) < 4.78 is 4.98. The molecule has 3 aromatic carbocycles. The van der Waals surface area contributed by atoms with Crippen LogP contribution in [0, 0.1) is 0 Å². The third kappa shape index (κ3) is 6.53. The maximum Gasteiger partial charge on any atom is 0.338 e. The number of hydrogen-bond donors (Lipinski definition) is 1. The van der Waals surface area contributed by atoms with E-state index >= 15 is 0 Å². The highest BCUT2D eigenvalue weighted by Gasteiger charge is 2.17. The fourth-order valence-corrected chi connectivity index (χ4v) is 4.07. The second-order valence-corrected chi connectivity index (χ2v) is 8.49. The molecule has 1 aliphatic rings. The summed E-state index contributed by atoms with van der Waals surface area (Å²) in [5, 5.41) is 2.87. The average Bonchev–Trinajstić information content (AvgIpc) is 2.87. The van der Waals surface area contributed by atoms with Crippen LogP contribution < -0.4 is 5.32 Å². The third-order valence-corrected chi connectivity index (χ3v) is 5.99. The Balaban J connectivity index is 1.24. The molecule has 1 N–H and O–H groups in total. The van der Waals surface area contributed by atoms with Crippen molar-refractivity contribution in [3.8, 4) is 0 Å². The number of carbonyl (C=O) groups excluding carboxylic acids is 2. The van der Waals surface area contributed by atoms with Crippen LogP contribution in [0.5, 0.6) is 0 Å². The molecule has 0 saturated carbocycles. The molecule has 3 aromatic rings. The van der Waals surface area contributed by atoms with Crippen molar-refractivity contribution in [1.82, 2.24) is 9.80 Å². The molecule has 0 aliphatic carbocycles. The maximum atomic E-state index is 12.6. The lowest BCUT2D eigenvalue weighted by molar-refractivity contribution is 0.0526. The van der Waals surface area contributed by atoms with E-state index < -0.39 is 0 Å². The molecule has 0 aromatic heterocycles. The van der Waals surface area contributed by atoms with Crippen LogP contribution in [0.2, 0.25) is 0 Å². The van der Waals surface area contributed by atoms with Crippen molar-refractivity contribution in [3.63, 3.8) is 0 Å². The van der Waals surface area contributed by atoms with E-state index in [4.69, 9.17) is 4.74 Å². The second-order valence-electron chi connectivity index (χ2n) is 8.49. The Morgan fingerprint density at radius 2 is 1.26 bits per heavy atom. The Bertz CT molecular complexity index is 1070. The minimum Gasteiger partial charge on any atom is -0.462 e. The monoisotopic (exact) mass is 457 g/mol. The SMILES string of the molecule is CCOC(=O)c1ccc(NC(=O)c2ccc(CN3CCN(Cc4ccccc4)CC3)cc2)cc1. The molecule has 0 bridgehead atoms. The van der Waals surface area contributed by atoms with Crippen molar-refractivity contribution in [2.24, 2.45) is 0 Å². The highest BCUT2D eigenvalue weighted by Crippen LogP contribution is 2.15. The average molecular weight is 458 g/mol. The van der Waals surface area contributed by atoms with Crippen LogP contribution in [-0.2, 0) is 17.8 Å². The number of anilines is 1. The number of rotatable bonds is 8. The molecule has 34 heavy (non-hydrogen) atoms. The molecule has 0 spiro atoms. The summed E-state index contributed by atoms with van der Waals surface area (Å²) in [6, 6.07) is 25.1. The first-order valence-electron chi connectivity index (χ1n) is 11.8. The number of ether oxygens (including phenoxy) is 1. The van der Waals surface area contributed by atoms with E-state index in [1.807, 2.05) is 24.3 Å². The van der Waals surface area contributed by atoms with Crippen LogP contribution in [0.25, 0.3) is 0 Å². The zero-order valence-electron chi connectivity index (χ0n) is 19.6. The Morgan fingerprint density at radius 3 is 1.82 bits per heavy atom. The molecule has 1 aliphatic heterocycles. The fraction of sp³-hybridized carbons (Fsp3) is 0.286. The lowest BCUT2D eigenvalue weighted by atomic mass is 10.1. The molecule has 1 heterocycles. The summed E-state index contributed by atoms with van der Waals surface area (Å²) in [5.41, 5.74) is 4.26. The van der Waals surface area contributed by atoms with Gasteiger partial charge in [-0.15, -0.1) is 0 Å². The first-order valence-corrected chi connectivity index (χ1v) is 11.8. The number of piperazine rings is 1. The summed E-state index contributed by atoms with van der Waals surface area (Å²) in [4.78, 5) is 29.3. The van der Waals surface area contributed by atoms with E-state index in [0.29, 0.717) is 23.4 Å². The van der Waals surface area contributed by atoms with Crippen LogP contribution in [0.4, 0.5) is 5.69 Å². The number of benzene rings is 3. The first-order chi connectivity index (χ1) is 16.6. The van der Waals surface area contributed by atoms with Gasteiger partial charge in [0.1, 0.15) is 0 Å². The summed E-state index contributed by atoms with van der Waals surface area (Å²) in [7, 11) is 0. The molecule has 0 atom stereocenters. The van der Waals surface area contributed by atoms with E-state index in [2.05, 4.69) is 45.4 Å². The van der Waals surface area contributed by atoms with Gasteiger partial charge in [0.25, 0.3) is 5.91 Å². The zero-order chi connectivity index (χ0) is 23.8. The van der Waals surface area contributed by atoms with Gasteiger partial charge < -0.3 is 10.1 Å². The van der Waals surface area contributed by atoms with Gasteiger partial charge in [-0.25, -0.2) is 4.79 Å². The molecular weight excluding hydrogens is 426 g/mol. The second kappa shape index (κ2) is 11.6. The van der Waals surface area contributed by atoms with Gasteiger partial charge in [-0.2, -0.15) is 0 Å². The van der Waals surface area contributed by atoms with E-state index in [-0.39, 0.29) is 11.9 Å². The molecule has 1 saturated heterocycles. The van der Waals surface area contributed by atoms with Crippen LogP contribution >= 0.6 is 0 Å². The highest BCUT2D eigenvalue weighted by atomic mass is 16.5. The van der Waals surface area contributed by atoms with Gasteiger partial charge in [0, 0.05) is 50.5 Å². The largest absolute Gasteiger partial charge is 0.462 e. The van der Waals surface area contributed by atoms with E-state index in [1.54, 1.807) is 31.2 Å². The lowest BCUT2D eigenvalue weighted by Gasteiger charge is -2.34. The first kappa shape index (κ1) is 23.7. The van der Waals surface area contributed by atoms with Crippen molar-refractivity contribution in [2.45, 2.75) is 20.0 Å². The number of carbonyl (C=O) groups is 2. The normalized spacial score (nSPS) is 14.5. The molecule has 176 valence electrons. The predicted octanol–water partition coefficient (Wildman–Crippen LogP) is 4.43. The Labute approximate surface area is 201 Å². The summed E-state index contributed by atoms with van der Waals surface area (Å²) >= 11 is 0. The molecule has 4 rings (SSSR count). The molecule has 1 amide bonds. The fourth-order valence-electron chi connectivity index (χ4n) is 4.07. The Kier molecular flexibility index (Phi) is 8.07. The Morgan fingerprint density at radius 1 is 0.735 bits per heavy atom. The van der Waals surface area contributed by atoms with Gasteiger partial charge in [-0.3, -0.25) is 14.6 Å². The summed E-state index contributed by atoms with van der Waals surface area (Å²) in [6.45, 7) is 8.19. The van der Waals surface area contributed by atoms with Gasteiger partial charge in [-0.05, 0) is 54.4 Å². The number of nitrogens with zero attached hydrogens (tertiary/aromatic N) is 2. The standard InChI is InChI=1S/C28H31N3O3/c1-2-34-28(33)25-12-14-26(15-13-25)29-27(32)24-10-8-23(9-11-24)21-31-18-16-30(17-19-31)20-22-6-4-3-5-7-22/h3-15H,2,16-21H2,1H3,(H,29,32). The van der Waals surface area contributed by atoms with Gasteiger partial charge in [0.2, 0.25) is 0 Å². The zero-order valence-corrected chi connectivity index (χ0v) is 19.6. The van der Waals surface area contributed by atoms with E-state index in [1.165, 1.54) is 11.1 Å². The number of esters is 1. The number of nitrogens with one attached hydrogen (secondary N) is 1. The molecule has 0 unspecified atom stereocenters. The van der Waals surface area contributed by atoms with E-state index in [9.17, 15) is 9.59 Å². The molecule has 0 radical (unpaired) electrons. The maximum absolute atomic E-state index is 12.6. The van der Waals surface area contributed by atoms with Crippen molar-refractivity contribution >= 4 is 17.6 Å². The lowest BCUT2D eigenvalue weighted by Crippen LogP contribution is -2.45. The number of hydrogen-bond acceptors (Lipinski definition) is 5. The van der Waals surface area contributed by atoms with Crippen LogP contribution in [0.3, 0.4) is 0 Å². The third-order valence-electron chi connectivity index (χ3n) is 5.99. The van der Waals surface area contributed by atoms with Crippen LogP contribution in [0.15, 0.2) is 78.9 Å². The van der Waals surface area contributed by atoms with E-state index in [0.717, 1.165) is 39.3 Å². The van der Waals surface area contributed by atoms with Crippen molar-refractivity contribution in [2.75, 3.05) is 38.1 Å². The molecular formula is C28H31N3O3. The minimum absolute atomic E-state index is 0.176. The topological polar surface area (TPSA) is 61.9 Å². The molecule has 6 nitrogen and oxygen atoms in total. The number of amides is 1. The predicted molar refractivity (Wildman–Crippen MR) is 134 cm³/mol. The molecule has 6 heteroatoms. The minimum atomic E-state index is -0.367. The highest BCUT2D eigenvalue weighted by molar-refractivity contribution is 6.04. The van der Waals surface area contributed by atoms with Crippen molar-refractivity contribution < 1.29 is 14.3 Å². The van der Waals surface area contributed by atoms with Crippen molar-refractivity contribution in [1.29, 1.82) is 0 Å². The summed E-state index contributed by atoms with van der Waals surface area (Å²) in [6.07, 6.45) is 0. The summed E-state index contributed by atoms with van der Waals surface area (Å²) in [5.74, 6) is -0.543. The van der Waals surface area contributed by atoms with Gasteiger partial charge >= 0.3 is 5.97 Å². The molecule has 1 fully saturated rings. The quantitative estimate of drug-likeness (QED) is 0.507. The van der Waals surface area contributed by atoms with Crippen LogP contribution in [-0.4, -0.2) is 54.5 Å². The van der Waals surface area contributed by atoms with Crippen molar-refractivity contribution in [3.05, 3.63) is 101 Å². The van der Waals surface area contributed by atoms with Crippen LogP contribution in [0.1, 0.15) is 38.8 Å². The van der Waals surface area contributed by atoms with Gasteiger partial charge in [0.15, 0.2) is 0 Å². The van der Waals surface area contributed by atoms with Gasteiger partial charge in [-0.1, -0.05) is 42.5 Å². The smallest absolute Gasteiger partial charge is 0.338 e.